The summed E-state index contributed by atoms with van der Waals surface area (Å²) in [6.07, 6.45) is 3.68. The van der Waals surface area contributed by atoms with Crippen molar-refractivity contribution in [2.75, 3.05) is 12.4 Å². The molecule has 4 rings (SSSR count). The number of methoxy groups -OCH3 is 1. The number of benzene rings is 1. The van der Waals surface area contributed by atoms with Crippen molar-refractivity contribution in [1.29, 1.82) is 0 Å². The molecule has 0 radical (unpaired) electrons. The topological polar surface area (TPSA) is 90.2 Å². The van der Waals surface area contributed by atoms with Crippen molar-refractivity contribution in [3.63, 3.8) is 0 Å². The second-order valence-corrected chi connectivity index (χ2v) is 8.13. The standard InChI is InChI=1S/C22H27N5O3/c1-12(2)23-22(29)15-11-26(3)18(19(15)30-5)20-25-16-10-14(8-9-17(16)27(20)4)24-21(28)13-6-7-13/h8-13H,6-7H2,1-5H3,(H,23,29)(H,24,28). The van der Waals surface area contributed by atoms with E-state index in [4.69, 9.17) is 9.72 Å². The highest BCUT2D eigenvalue weighted by atomic mass is 16.5. The molecule has 1 aliphatic rings. The lowest BCUT2D eigenvalue weighted by atomic mass is 10.2. The maximum atomic E-state index is 12.6. The van der Waals surface area contributed by atoms with Crippen LogP contribution in [-0.4, -0.2) is 39.1 Å². The van der Waals surface area contributed by atoms with Gasteiger partial charge in [-0.15, -0.1) is 0 Å². The molecule has 0 bridgehead atoms. The van der Waals surface area contributed by atoms with E-state index in [0.29, 0.717) is 22.8 Å². The Morgan fingerprint density at radius 1 is 1.23 bits per heavy atom. The Hall–Kier alpha value is -3.29. The number of rotatable bonds is 6. The zero-order chi connectivity index (χ0) is 21.6. The van der Waals surface area contributed by atoms with Crippen LogP contribution >= 0.6 is 0 Å². The first-order chi connectivity index (χ1) is 14.3. The van der Waals surface area contributed by atoms with Crippen molar-refractivity contribution < 1.29 is 14.3 Å². The largest absolute Gasteiger partial charge is 0.494 e. The summed E-state index contributed by atoms with van der Waals surface area (Å²) in [7, 11) is 5.34. The molecule has 0 spiro atoms. The third-order valence-corrected chi connectivity index (χ3v) is 5.31. The summed E-state index contributed by atoms with van der Waals surface area (Å²) in [5.41, 5.74) is 3.60. The number of carbonyl (C=O) groups is 2. The third kappa shape index (κ3) is 3.53. The van der Waals surface area contributed by atoms with Crippen LogP contribution in [0.4, 0.5) is 5.69 Å². The van der Waals surface area contributed by atoms with E-state index in [2.05, 4.69) is 10.6 Å². The van der Waals surface area contributed by atoms with Gasteiger partial charge in [0.25, 0.3) is 5.91 Å². The summed E-state index contributed by atoms with van der Waals surface area (Å²) < 4.78 is 9.44. The Kier molecular flexibility index (Phi) is 5.01. The molecule has 158 valence electrons. The number of ether oxygens (including phenoxy) is 1. The molecule has 2 N–H and O–H groups in total. The Labute approximate surface area is 175 Å². The molecule has 0 atom stereocenters. The first-order valence-electron chi connectivity index (χ1n) is 10.1. The minimum Gasteiger partial charge on any atom is -0.494 e. The number of hydrogen-bond acceptors (Lipinski definition) is 4. The smallest absolute Gasteiger partial charge is 0.256 e. The molecule has 2 aromatic heterocycles. The molecule has 1 saturated carbocycles. The van der Waals surface area contributed by atoms with Crippen molar-refractivity contribution in [2.24, 2.45) is 20.0 Å². The van der Waals surface area contributed by atoms with Crippen molar-refractivity contribution in [3.8, 4) is 17.3 Å². The Morgan fingerprint density at radius 2 is 1.97 bits per heavy atom. The van der Waals surface area contributed by atoms with Crippen LogP contribution in [0.25, 0.3) is 22.6 Å². The van der Waals surface area contributed by atoms with E-state index in [1.807, 2.05) is 55.3 Å². The second kappa shape index (κ2) is 7.51. The highest BCUT2D eigenvalue weighted by molar-refractivity contribution is 6.00. The van der Waals surface area contributed by atoms with Crippen LogP contribution in [0, 0.1) is 5.92 Å². The zero-order valence-electron chi connectivity index (χ0n) is 17.9. The predicted molar refractivity (Wildman–Crippen MR) is 116 cm³/mol. The van der Waals surface area contributed by atoms with E-state index < -0.39 is 0 Å². The molecule has 2 heterocycles. The molecule has 2 amide bonds. The van der Waals surface area contributed by atoms with Gasteiger partial charge in [0.2, 0.25) is 5.91 Å². The van der Waals surface area contributed by atoms with E-state index in [-0.39, 0.29) is 23.8 Å². The van der Waals surface area contributed by atoms with Gasteiger partial charge >= 0.3 is 0 Å². The highest BCUT2D eigenvalue weighted by Gasteiger charge is 2.30. The lowest BCUT2D eigenvalue weighted by Crippen LogP contribution is -2.30. The third-order valence-electron chi connectivity index (χ3n) is 5.31. The van der Waals surface area contributed by atoms with Gasteiger partial charge in [0.05, 0.1) is 23.7 Å². The lowest BCUT2D eigenvalue weighted by Gasteiger charge is -2.10. The minimum absolute atomic E-state index is 0.0193. The summed E-state index contributed by atoms with van der Waals surface area (Å²) >= 11 is 0. The number of amides is 2. The van der Waals surface area contributed by atoms with Crippen LogP contribution in [0.1, 0.15) is 37.0 Å². The van der Waals surface area contributed by atoms with Crippen molar-refractivity contribution in [1.82, 2.24) is 19.4 Å². The Bertz CT molecular complexity index is 1140. The van der Waals surface area contributed by atoms with Crippen molar-refractivity contribution >= 4 is 28.5 Å². The summed E-state index contributed by atoms with van der Waals surface area (Å²) in [5.74, 6) is 1.18. The fourth-order valence-corrected chi connectivity index (χ4v) is 3.65. The SMILES string of the molecule is COc1c(C(=O)NC(C)C)cn(C)c1-c1nc2cc(NC(=O)C3CC3)ccc2n1C. The fourth-order valence-electron chi connectivity index (χ4n) is 3.65. The number of anilines is 1. The minimum atomic E-state index is -0.187. The number of aryl methyl sites for hydroxylation is 2. The molecular weight excluding hydrogens is 382 g/mol. The normalized spacial score (nSPS) is 13.7. The van der Waals surface area contributed by atoms with Crippen molar-refractivity contribution in [3.05, 3.63) is 30.0 Å². The van der Waals surface area contributed by atoms with E-state index in [9.17, 15) is 9.59 Å². The molecule has 1 aliphatic carbocycles. The zero-order valence-corrected chi connectivity index (χ0v) is 17.9. The van der Waals surface area contributed by atoms with Crippen LogP contribution in [0.2, 0.25) is 0 Å². The fraction of sp³-hybridized carbons (Fsp3) is 0.409. The molecule has 8 nitrogen and oxygen atoms in total. The first-order valence-corrected chi connectivity index (χ1v) is 10.1. The monoisotopic (exact) mass is 409 g/mol. The maximum Gasteiger partial charge on any atom is 0.256 e. The number of nitrogens with zero attached hydrogens (tertiary/aromatic N) is 3. The molecule has 0 aliphatic heterocycles. The van der Waals surface area contributed by atoms with Gasteiger partial charge < -0.3 is 24.5 Å². The molecule has 3 aromatic rings. The van der Waals surface area contributed by atoms with Gasteiger partial charge in [0, 0.05) is 37.9 Å². The first kappa shape index (κ1) is 20.0. The molecule has 0 unspecified atom stereocenters. The Morgan fingerprint density at radius 3 is 2.60 bits per heavy atom. The molecular formula is C22H27N5O3. The van der Waals surface area contributed by atoms with E-state index in [1.54, 1.807) is 13.3 Å². The van der Waals surface area contributed by atoms with Gasteiger partial charge in [-0.1, -0.05) is 0 Å². The number of imidazole rings is 1. The van der Waals surface area contributed by atoms with Gasteiger partial charge in [-0.3, -0.25) is 9.59 Å². The van der Waals surface area contributed by atoms with Gasteiger partial charge in [0.1, 0.15) is 5.69 Å². The molecule has 1 fully saturated rings. The van der Waals surface area contributed by atoms with E-state index >= 15 is 0 Å². The average molecular weight is 409 g/mol. The van der Waals surface area contributed by atoms with Crippen LogP contribution in [0.3, 0.4) is 0 Å². The number of fused-ring (bicyclic) bond motifs is 1. The number of hydrogen-bond donors (Lipinski definition) is 2. The lowest BCUT2D eigenvalue weighted by molar-refractivity contribution is -0.117. The van der Waals surface area contributed by atoms with E-state index in [0.717, 1.165) is 29.6 Å². The summed E-state index contributed by atoms with van der Waals surface area (Å²) in [4.78, 5) is 29.5. The predicted octanol–water partition coefficient (Wildman–Crippen LogP) is 3.07. The summed E-state index contributed by atoms with van der Waals surface area (Å²) in [5, 5.41) is 5.87. The number of nitrogens with one attached hydrogen (secondary N) is 2. The van der Waals surface area contributed by atoms with Gasteiger partial charge in [-0.25, -0.2) is 4.98 Å². The molecule has 30 heavy (non-hydrogen) atoms. The number of carbonyl (C=O) groups excluding carboxylic acids is 2. The summed E-state index contributed by atoms with van der Waals surface area (Å²) in [6.45, 7) is 3.83. The second-order valence-electron chi connectivity index (χ2n) is 8.13. The van der Waals surface area contributed by atoms with Crippen LogP contribution < -0.4 is 15.4 Å². The summed E-state index contributed by atoms with van der Waals surface area (Å²) in [6, 6.07) is 5.72. The quantitative estimate of drug-likeness (QED) is 0.655. The maximum absolute atomic E-state index is 12.6. The number of aromatic nitrogens is 3. The van der Waals surface area contributed by atoms with E-state index in [1.165, 1.54) is 0 Å². The van der Waals surface area contributed by atoms with Gasteiger partial charge in [0.15, 0.2) is 11.6 Å². The van der Waals surface area contributed by atoms with Crippen molar-refractivity contribution in [2.45, 2.75) is 32.7 Å². The Balaban J connectivity index is 1.75. The van der Waals surface area contributed by atoms with Gasteiger partial charge in [-0.05, 0) is 44.9 Å². The van der Waals surface area contributed by atoms with Gasteiger partial charge in [-0.2, -0.15) is 0 Å². The average Bonchev–Trinajstić information content (AvgIpc) is 3.42. The van der Waals surface area contributed by atoms with Crippen LogP contribution in [0.5, 0.6) is 5.75 Å². The molecule has 8 heteroatoms. The van der Waals surface area contributed by atoms with Crippen LogP contribution in [0.15, 0.2) is 24.4 Å². The molecule has 0 saturated heterocycles. The molecule has 1 aromatic carbocycles. The van der Waals surface area contributed by atoms with Crippen LogP contribution in [-0.2, 0) is 18.9 Å². The highest BCUT2D eigenvalue weighted by Crippen LogP contribution is 2.36.